The van der Waals surface area contributed by atoms with Gasteiger partial charge in [0.25, 0.3) is 5.56 Å². The molecule has 136 valence electrons. The minimum absolute atomic E-state index is 0.109. The summed E-state index contributed by atoms with van der Waals surface area (Å²) in [6.07, 6.45) is 1.36. The van der Waals surface area contributed by atoms with E-state index in [0.29, 0.717) is 28.2 Å². The van der Waals surface area contributed by atoms with Crippen LogP contribution in [0.1, 0.15) is 25.6 Å². The predicted octanol–water partition coefficient (Wildman–Crippen LogP) is 3.56. The Labute approximate surface area is 154 Å². The van der Waals surface area contributed by atoms with Gasteiger partial charge in [0.2, 0.25) is 0 Å². The Morgan fingerprint density at radius 3 is 2.88 bits per heavy atom. The molecule has 0 aliphatic heterocycles. The Balaban J connectivity index is 2.19. The van der Waals surface area contributed by atoms with Crippen molar-refractivity contribution in [2.45, 2.75) is 32.7 Å². The average Bonchev–Trinajstić information content (AvgIpc) is 3.05. The van der Waals surface area contributed by atoms with Crippen molar-refractivity contribution in [3.63, 3.8) is 0 Å². The zero-order valence-corrected chi connectivity index (χ0v) is 15.5. The second-order valence-electron chi connectivity index (χ2n) is 5.94. The Morgan fingerprint density at radius 1 is 1.38 bits per heavy atom. The fourth-order valence-electron chi connectivity index (χ4n) is 2.92. The molecule has 7 heteroatoms. The number of hydrogen-bond donors (Lipinski definition) is 1. The summed E-state index contributed by atoms with van der Waals surface area (Å²) in [7, 11) is 1.60. The van der Waals surface area contributed by atoms with E-state index in [1.165, 1.54) is 15.9 Å². The van der Waals surface area contributed by atoms with Crippen molar-refractivity contribution in [3.05, 3.63) is 45.8 Å². The number of methoxy groups -OCH3 is 1. The van der Waals surface area contributed by atoms with E-state index in [-0.39, 0.29) is 18.5 Å². The highest BCUT2D eigenvalue weighted by Crippen LogP contribution is 2.32. The van der Waals surface area contributed by atoms with Gasteiger partial charge in [-0.2, -0.15) is 0 Å². The number of carboxylic acid groups (broad SMARTS) is 1. The zero-order valence-electron chi connectivity index (χ0n) is 14.7. The number of rotatable bonds is 7. The molecule has 1 aromatic carbocycles. The maximum Gasteiger partial charge on any atom is 0.305 e. The molecule has 0 saturated heterocycles. The van der Waals surface area contributed by atoms with Crippen LogP contribution in [0.15, 0.2) is 34.4 Å². The molecule has 3 aromatic rings. The second-order valence-corrected chi connectivity index (χ2v) is 6.80. The monoisotopic (exact) mass is 372 g/mol. The predicted molar refractivity (Wildman–Crippen MR) is 102 cm³/mol. The minimum Gasteiger partial charge on any atom is -0.497 e. The van der Waals surface area contributed by atoms with Crippen molar-refractivity contribution in [2.24, 2.45) is 0 Å². The molecule has 0 spiro atoms. The third kappa shape index (κ3) is 3.48. The number of carboxylic acids is 1. The maximum absolute atomic E-state index is 13.2. The Kier molecular flexibility index (Phi) is 5.37. The molecule has 26 heavy (non-hydrogen) atoms. The van der Waals surface area contributed by atoms with E-state index in [1.807, 2.05) is 36.6 Å². The van der Waals surface area contributed by atoms with Gasteiger partial charge in [0.1, 0.15) is 16.4 Å². The average molecular weight is 372 g/mol. The molecular formula is C19H20N2O4S. The Hall–Kier alpha value is -2.67. The van der Waals surface area contributed by atoms with Crippen LogP contribution in [0, 0.1) is 0 Å². The quantitative estimate of drug-likeness (QED) is 0.686. The van der Waals surface area contributed by atoms with Crippen molar-refractivity contribution in [3.8, 4) is 16.9 Å². The molecule has 0 aliphatic carbocycles. The molecule has 0 radical (unpaired) electrons. The molecule has 2 heterocycles. The van der Waals surface area contributed by atoms with Crippen LogP contribution < -0.4 is 10.3 Å². The van der Waals surface area contributed by atoms with Crippen LogP contribution >= 0.6 is 11.3 Å². The van der Waals surface area contributed by atoms with E-state index in [2.05, 4.69) is 4.98 Å². The molecule has 6 nitrogen and oxygen atoms in total. The van der Waals surface area contributed by atoms with Crippen LogP contribution in [0.3, 0.4) is 0 Å². The van der Waals surface area contributed by atoms with E-state index < -0.39 is 5.97 Å². The summed E-state index contributed by atoms with van der Waals surface area (Å²) < 4.78 is 6.78. The summed E-state index contributed by atoms with van der Waals surface area (Å²) in [5.41, 5.74) is 1.50. The number of ether oxygens (including phenoxy) is 1. The lowest BCUT2D eigenvalue weighted by atomic mass is 10.1. The van der Waals surface area contributed by atoms with E-state index in [1.54, 1.807) is 7.11 Å². The first-order valence-electron chi connectivity index (χ1n) is 8.42. The van der Waals surface area contributed by atoms with Gasteiger partial charge in [-0.15, -0.1) is 11.3 Å². The lowest BCUT2D eigenvalue weighted by molar-refractivity contribution is -0.137. The fourth-order valence-corrected chi connectivity index (χ4v) is 3.88. The molecule has 1 N–H and O–H groups in total. The van der Waals surface area contributed by atoms with E-state index >= 15 is 0 Å². The first kappa shape index (κ1) is 18.1. The smallest absolute Gasteiger partial charge is 0.305 e. The van der Waals surface area contributed by atoms with E-state index in [9.17, 15) is 9.59 Å². The third-order valence-electron chi connectivity index (χ3n) is 4.18. The molecule has 0 bridgehead atoms. The van der Waals surface area contributed by atoms with E-state index in [4.69, 9.17) is 9.84 Å². The van der Waals surface area contributed by atoms with Gasteiger partial charge in [0, 0.05) is 23.9 Å². The fraction of sp³-hybridized carbons (Fsp3) is 0.316. The largest absolute Gasteiger partial charge is 0.497 e. The van der Waals surface area contributed by atoms with Gasteiger partial charge in [-0.05, 0) is 24.1 Å². The maximum atomic E-state index is 13.2. The van der Waals surface area contributed by atoms with E-state index in [0.717, 1.165) is 17.5 Å². The molecule has 3 rings (SSSR count). The number of hydrogen-bond acceptors (Lipinski definition) is 5. The number of benzene rings is 1. The van der Waals surface area contributed by atoms with Crippen LogP contribution in [-0.4, -0.2) is 27.7 Å². The molecule has 0 unspecified atom stereocenters. The SMILES string of the molecule is CCCc1nc2scc(-c3cccc(OC)c3)c2c(=O)n1CCC(=O)O. The third-order valence-corrected chi connectivity index (χ3v) is 5.05. The summed E-state index contributed by atoms with van der Waals surface area (Å²) in [5.74, 6) is 0.423. The summed E-state index contributed by atoms with van der Waals surface area (Å²) in [6.45, 7) is 2.13. The van der Waals surface area contributed by atoms with Gasteiger partial charge in [0.15, 0.2) is 0 Å². The number of fused-ring (bicyclic) bond motifs is 1. The summed E-state index contributed by atoms with van der Waals surface area (Å²) in [4.78, 5) is 29.5. The number of thiophene rings is 1. The van der Waals surface area contributed by atoms with Crippen molar-refractivity contribution in [1.29, 1.82) is 0 Å². The molecule has 0 amide bonds. The van der Waals surface area contributed by atoms with Gasteiger partial charge in [-0.1, -0.05) is 19.1 Å². The van der Waals surface area contributed by atoms with Gasteiger partial charge in [-0.25, -0.2) is 4.98 Å². The number of aromatic nitrogens is 2. The number of aliphatic carboxylic acids is 1. The van der Waals surface area contributed by atoms with Crippen molar-refractivity contribution >= 4 is 27.5 Å². The second kappa shape index (κ2) is 7.70. The Morgan fingerprint density at radius 2 is 2.19 bits per heavy atom. The number of aryl methyl sites for hydroxylation is 1. The van der Waals surface area contributed by atoms with Crippen LogP contribution in [-0.2, 0) is 17.8 Å². The normalized spacial score (nSPS) is 11.0. The first-order chi connectivity index (χ1) is 12.5. The van der Waals surface area contributed by atoms with Crippen molar-refractivity contribution in [2.75, 3.05) is 7.11 Å². The number of nitrogens with zero attached hydrogens (tertiary/aromatic N) is 2. The highest BCUT2D eigenvalue weighted by molar-refractivity contribution is 7.17. The summed E-state index contributed by atoms with van der Waals surface area (Å²) in [5, 5.41) is 11.5. The van der Waals surface area contributed by atoms with Gasteiger partial charge >= 0.3 is 5.97 Å². The highest BCUT2D eigenvalue weighted by Gasteiger charge is 2.17. The van der Waals surface area contributed by atoms with Crippen molar-refractivity contribution in [1.82, 2.24) is 9.55 Å². The van der Waals surface area contributed by atoms with Gasteiger partial charge in [-0.3, -0.25) is 14.2 Å². The van der Waals surface area contributed by atoms with Gasteiger partial charge in [0.05, 0.1) is 18.9 Å². The summed E-state index contributed by atoms with van der Waals surface area (Å²) >= 11 is 1.43. The van der Waals surface area contributed by atoms with Crippen LogP contribution in [0.5, 0.6) is 5.75 Å². The molecule has 0 saturated carbocycles. The lowest BCUT2D eigenvalue weighted by Crippen LogP contribution is -2.26. The first-order valence-corrected chi connectivity index (χ1v) is 9.30. The standard InChI is InChI=1S/C19H20N2O4S/c1-3-5-15-20-18-17(19(24)21(15)9-8-16(22)23)14(11-26-18)12-6-4-7-13(10-12)25-2/h4,6-7,10-11H,3,5,8-9H2,1-2H3,(H,22,23). The van der Waals surface area contributed by atoms with Crippen molar-refractivity contribution < 1.29 is 14.6 Å². The molecule has 0 atom stereocenters. The molecule has 0 fully saturated rings. The molecule has 0 aliphatic rings. The molecular weight excluding hydrogens is 352 g/mol. The number of carbonyl (C=O) groups is 1. The molecule has 2 aromatic heterocycles. The van der Waals surface area contributed by atoms with Crippen LogP contribution in [0.2, 0.25) is 0 Å². The van der Waals surface area contributed by atoms with Crippen LogP contribution in [0.25, 0.3) is 21.3 Å². The highest BCUT2D eigenvalue weighted by atomic mass is 32.1. The Bertz CT molecular complexity index is 1010. The van der Waals surface area contributed by atoms with Gasteiger partial charge < -0.3 is 9.84 Å². The zero-order chi connectivity index (χ0) is 18.7. The topological polar surface area (TPSA) is 81.4 Å². The minimum atomic E-state index is -0.933. The van der Waals surface area contributed by atoms with Crippen LogP contribution in [0.4, 0.5) is 0 Å². The summed E-state index contributed by atoms with van der Waals surface area (Å²) in [6, 6.07) is 7.52. The lowest BCUT2D eigenvalue weighted by Gasteiger charge is -2.11.